The second kappa shape index (κ2) is 9.11. The molecule has 1 aliphatic heterocycles. The minimum Gasteiger partial charge on any atom is -0.444 e. The van der Waals surface area contributed by atoms with Crippen LogP contribution in [0.1, 0.15) is 50.3 Å². The van der Waals surface area contributed by atoms with E-state index in [1.165, 1.54) is 29.5 Å². The molecule has 2 aliphatic carbocycles. The van der Waals surface area contributed by atoms with Crippen LogP contribution in [0.3, 0.4) is 0 Å². The maximum Gasteiger partial charge on any atom is 0.407 e. The quantitative estimate of drug-likeness (QED) is 0.811. The minimum absolute atomic E-state index is 0.215. The van der Waals surface area contributed by atoms with E-state index in [1.807, 2.05) is 20.8 Å². The molecule has 1 saturated carbocycles. The standard InChI is InChI=1S/C25H36N2O3/c1-25(2,3)30-24(28)26-23-20-8-9-21(23)17-22-15-18(6-7-19(22)16-20)5-4-10-27-11-13-29-14-12-27/h4-7,15,20-21,23H,8-14,16-17H2,1-3H3,(H,26,28)/b5-4+. The predicted octanol–water partition coefficient (Wildman–Crippen LogP) is 4.05. The van der Waals surface area contributed by atoms with Gasteiger partial charge in [-0.2, -0.15) is 0 Å². The van der Waals surface area contributed by atoms with Crippen molar-refractivity contribution in [3.05, 3.63) is 41.0 Å². The molecular formula is C25H36N2O3. The number of ether oxygens (including phenoxy) is 2. The Hall–Kier alpha value is -1.85. The van der Waals surface area contributed by atoms with Crippen LogP contribution < -0.4 is 5.32 Å². The summed E-state index contributed by atoms with van der Waals surface area (Å²) in [4.78, 5) is 14.8. The Morgan fingerprint density at radius 1 is 1.17 bits per heavy atom. The van der Waals surface area contributed by atoms with Gasteiger partial charge in [0.25, 0.3) is 0 Å². The third-order valence-corrected chi connectivity index (χ3v) is 6.58. The van der Waals surface area contributed by atoms with Crippen molar-refractivity contribution in [1.82, 2.24) is 10.2 Å². The van der Waals surface area contributed by atoms with Crippen LogP contribution in [0.5, 0.6) is 0 Å². The Balaban J connectivity index is 1.40. The van der Waals surface area contributed by atoms with Crippen molar-refractivity contribution in [2.75, 3.05) is 32.8 Å². The van der Waals surface area contributed by atoms with Gasteiger partial charge in [0.15, 0.2) is 0 Å². The van der Waals surface area contributed by atoms with E-state index in [-0.39, 0.29) is 12.1 Å². The van der Waals surface area contributed by atoms with Gasteiger partial charge in [0.05, 0.1) is 13.2 Å². The van der Waals surface area contributed by atoms with Crippen LogP contribution in [0.2, 0.25) is 0 Å². The van der Waals surface area contributed by atoms with Crippen LogP contribution in [0.15, 0.2) is 24.3 Å². The van der Waals surface area contributed by atoms with Crippen LogP contribution in [0, 0.1) is 11.8 Å². The van der Waals surface area contributed by atoms with Gasteiger partial charge in [-0.15, -0.1) is 0 Å². The summed E-state index contributed by atoms with van der Waals surface area (Å²) in [5.74, 6) is 1.00. The lowest BCUT2D eigenvalue weighted by Crippen LogP contribution is -2.44. The Bertz CT molecular complexity index is 777. The van der Waals surface area contributed by atoms with Crippen molar-refractivity contribution in [2.45, 2.75) is 58.1 Å². The normalized spacial score (nSPS) is 27.0. The van der Waals surface area contributed by atoms with E-state index in [1.54, 1.807) is 0 Å². The average Bonchev–Trinajstić information content (AvgIpc) is 2.95. The van der Waals surface area contributed by atoms with E-state index in [2.05, 4.69) is 40.6 Å². The molecule has 0 spiro atoms. The highest BCUT2D eigenvalue weighted by Crippen LogP contribution is 2.40. The summed E-state index contributed by atoms with van der Waals surface area (Å²) >= 11 is 0. The average molecular weight is 413 g/mol. The summed E-state index contributed by atoms with van der Waals surface area (Å²) in [5, 5.41) is 3.21. The number of hydrogen-bond donors (Lipinski definition) is 1. The smallest absolute Gasteiger partial charge is 0.407 e. The highest BCUT2D eigenvalue weighted by Gasteiger charge is 2.40. The number of carbonyl (C=O) groups is 1. The molecule has 5 nitrogen and oxygen atoms in total. The van der Waals surface area contributed by atoms with E-state index >= 15 is 0 Å². The van der Waals surface area contributed by atoms with Crippen molar-refractivity contribution in [3.8, 4) is 0 Å². The zero-order chi connectivity index (χ0) is 21.1. The highest BCUT2D eigenvalue weighted by atomic mass is 16.6. The molecule has 1 N–H and O–H groups in total. The van der Waals surface area contributed by atoms with Crippen molar-refractivity contribution < 1.29 is 14.3 Å². The fourth-order valence-electron chi connectivity index (χ4n) is 5.13. The van der Waals surface area contributed by atoms with Gasteiger partial charge in [-0.05, 0) is 75.0 Å². The summed E-state index contributed by atoms with van der Waals surface area (Å²) in [6, 6.07) is 7.11. The minimum atomic E-state index is -0.459. The summed E-state index contributed by atoms with van der Waals surface area (Å²) in [5.41, 5.74) is 3.71. The second-order valence-electron chi connectivity index (χ2n) is 10.0. The maximum atomic E-state index is 12.4. The van der Waals surface area contributed by atoms with Crippen molar-refractivity contribution in [1.29, 1.82) is 0 Å². The molecule has 3 atom stereocenters. The van der Waals surface area contributed by atoms with Gasteiger partial charge in [-0.3, -0.25) is 4.90 Å². The molecule has 1 heterocycles. The van der Waals surface area contributed by atoms with Crippen molar-refractivity contribution in [2.24, 2.45) is 11.8 Å². The van der Waals surface area contributed by atoms with Gasteiger partial charge in [0.2, 0.25) is 0 Å². The molecule has 2 bridgehead atoms. The lowest BCUT2D eigenvalue weighted by molar-refractivity contribution is 0.0435. The topological polar surface area (TPSA) is 50.8 Å². The number of alkyl carbamates (subject to hydrolysis) is 1. The van der Waals surface area contributed by atoms with Crippen LogP contribution in [-0.4, -0.2) is 55.5 Å². The first-order valence-electron chi connectivity index (χ1n) is 11.5. The van der Waals surface area contributed by atoms with Gasteiger partial charge in [0, 0.05) is 25.7 Å². The molecule has 0 radical (unpaired) electrons. The molecule has 3 unspecified atom stereocenters. The number of nitrogens with zero attached hydrogens (tertiary/aromatic N) is 1. The van der Waals surface area contributed by atoms with E-state index in [4.69, 9.17) is 9.47 Å². The number of carbonyl (C=O) groups excluding carboxylic acids is 1. The Morgan fingerprint density at radius 2 is 1.87 bits per heavy atom. The predicted molar refractivity (Wildman–Crippen MR) is 120 cm³/mol. The molecule has 3 aliphatic rings. The Kier molecular flexibility index (Phi) is 6.49. The summed E-state index contributed by atoms with van der Waals surface area (Å²) < 4.78 is 10.9. The molecule has 30 heavy (non-hydrogen) atoms. The largest absolute Gasteiger partial charge is 0.444 e. The third-order valence-electron chi connectivity index (χ3n) is 6.58. The van der Waals surface area contributed by atoms with Crippen LogP contribution >= 0.6 is 0 Å². The molecule has 4 rings (SSSR count). The zero-order valence-corrected chi connectivity index (χ0v) is 18.7. The number of nitrogens with one attached hydrogen (secondary N) is 1. The van der Waals surface area contributed by atoms with Gasteiger partial charge in [0.1, 0.15) is 5.60 Å². The van der Waals surface area contributed by atoms with E-state index in [0.29, 0.717) is 11.8 Å². The van der Waals surface area contributed by atoms with Gasteiger partial charge < -0.3 is 14.8 Å². The number of morpholine rings is 1. The number of fused-ring (bicyclic) bond motifs is 3. The zero-order valence-electron chi connectivity index (χ0n) is 18.7. The van der Waals surface area contributed by atoms with Crippen LogP contribution in [0.25, 0.3) is 6.08 Å². The Morgan fingerprint density at radius 3 is 2.57 bits per heavy atom. The van der Waals surface area contributed by atoms with Crippen molar-refractivity contribution >= 4 is 12.2 Å². The molecule has 1 amide bonds. The van der Waals surface area contributed by atoms with E-state index in [9.17, 15) is 4.79 Å². The first-order chi connectivity index (χ1) is 14.4. The molecule has 1 aromatic rings. The second-order valence-corrected chi connectivity index (χ2v) is 10.0. The first-order valence-corrected chi connectivity index (χ1v) is 11.5. The lowest BCUT2D eigenvalue weighted by Gasteiger charge is -2.26. The molecule has 164 valence electrons. The number of hydrogen-bond acceptors (Lipinski definition) is 4. The summed E-state index contributed by atoms with van der Waals surface area (Å²) in [7, 11) is 0. The van der Waals surface area contributed by atoms with E-state index in [0.717, 1.165) is 45.7 Å². The van der Waals surface area contributed by atoms with Crippen LogP contribution in [0.4, 0.5) is 4.79 Å². The van der Waals surface area contributed by atoms with Gasteiger partial charge in [-0.1, -0.05) is 30.4 Å². The SMILES string of the molecule is CC(C)(C)OC(=O)NC1C2CCC1Cc1cc(/C=C/CN3CCOCC3)ccc1C2. The molecule has 5 heteroatoms. The summed E-state index contributed by atoms with van der Waals surface area (Å²) in [6.07, 6.45) is 8.69. The fraction of sp³-hybridized carbons (Fsp3) is 0.640. The molecule has 0 aromatic heterocycles. The lowest BCUT2D eigenvalue weighted by atomic mass is 9.92. The number of rotatable bonds is 4. The molecular weight excluding hydrogens is 376 g/mol. The third kappa shape index (κ3) is 5.44. The van der Waals surface area contributed by atoms with Crippen LogP contribution in [-0.2, 0) is 22.3 Å². The highest BCUT2D eigenvalue weighted by molar-refractivity contribution is 5.68. The molecule has 1 saturated heterocycles. The fourth-order valence-corrected chi connectivity index (χ4v) is 5.13. The maximum absolute atomic E-state index is 12.4. The van der Waals surface area contributed by atoms with E-state index < -0.39 is 5.60 Å². The van der Waals surface area contributed by atoms with Gasteiger partial charge in [-0.25, -0.2) is 4.79 Å². The number of benzene rings is 1. The number of amides is 1. The summed E-state index contributed by atoms with van der Waals surface area (Å²) in [6.45, 7) is 10.4. The molecule has 1 aromatic carbocycles. The Labute approximate surface area is 180 Å². The van der Waals surface area contributed by atoms with Gasteiger partial charge >= 0.3 is 6.09 Å². The monoisotopic (exact) mass is 412 g/mol. The van der Waals surface area contributed by atoms with Crippen molar-refractivity contribution in [3.63, 3.8) is 0 Å². The first kappa shape index (κ1) is 21.4. The molecule has 2 fully saturated rings.